The summed E-state index contributed by atoms with van der Waals surface area (Å²) in [6, 6.07) is 21.2. The van der Waals surface area contributed by atoms with Gasteiger partial charge in [-0.2, -0.15) is 0 Å². The molecule has 19 heavy (non-hydrogen) atoms. The largest absolute Gasteiger partial charge is 0.393 e. The molecule has 0 aromatic heterocycles. The van der Waals surface area contributed by atoms with E-state index in [1.165, 1.54) is 11.3 Å². The Balaban J connectivity index is 1.93. The Kier molecular flexibility index (Phi) is 3.51. The van der Waals surface area contributed by atoms with E-state index in [4.69, 9.17) is 0 Å². The molecule has 2 nitrogen and oxygen atoms in total. The summed E-state index contributed by atoms with van der Waals surface area (Å²) in [5, 5.41) is 9.98. The lowest BCUT2D eigenvalue weighted by Crippen LogP contribution is -2.38. The Hall–Kier alpha value is -1.80. The van der Waals surface area contributed by atoms with Crippen LogP contribution in [0.1, 0.15) is 24.4 Å². The average Bonchev–Trinajstić information content (AvgIpc) is 2.49. The van der Waals surface area contributed by atoms with Crippen LogP contribution in [0.3, 0.4) is 0 Å². The summed E-state index contributed by atoms with van der Waals surface area (Å²) < 4.78 is 0. The van der Waals surface area contributed by atoms with E-state index < -0.39 is 0 Å². The van der Waals surface area contributed by atoms with E-state index in [9.17, 15) is 5.11 Å². The molecule has 2 heteroatoms. The molecule has 1 aliphatic heterocycles. The van der Waals surface area contributed by atoms with Crippen molar-refractivity contribution < 1.29 is 5.11 Å². The van der Waals surface area contributed by atoms with Crippen molar-refractivity contribution in [1.82, 2.24) is 0 Å². The van der Waals surface area contributed by atoms with Crippen LogP contribution < -0.4 is 4.90 Å². The molecule has 1 aliphatic rings. The first-order valence-electron chi connectivity index (χ1n) is 6.89. The van der Waals surface area contributed by atoms with Crippen molar-refractivity contribution in [3.8, 4) is 0 Å². The molecule has 0 unspecified atom stereocenters. The van der Waals surface area contributed by atoms with Crippen molar-refractivity contribution in [2.75, 3.05) is 11.4 Å². The standard InChI is InChI=1S/C17H19NO/c19-16-11-12-18(15-9-5-2-6-10-15)17(13-16)14-7-3-1-4-8-14/h1-10,16-17,19H,11-13H2/t16-,17-/m1/s1. The maximum atomic E-state index is 9.98. The molecule has 1 heterocycles. The maximum Gasteiger partial charge on any atom is 0.0580 e. The van der Waals surface area contributed by atoms with Crippen LogP contribution in [0.4, 0.5) is 5.69 Å². The Morgan fingerprint density at radius 1 is 0.895 bits per heavy atom. The van der Waals surface area contributed by atoms with Crippen molar-refractivity contribution in [1.29, 1.82) is 0 Å². The normalized spacial score (nSPS) is 23.3. The number of nitrogens with zero attached hydrogens (tertiary/aromatic N) is 1. The second-order valence-electron chi connectivity index (χ2n) is 5.13. The Morgan fingerprint density at radius 3 is 2.21 bits per heavy atom. The van der Waals surface area contributed by atoms with E-state index in [1.54, 1.807) is 0 Å². The minimum absolute atomic E-state index is 0.190. The predicted octanol–water partition coefficient (Wildman–Crippen LogP) is 3.39. The van der Waals surface area contributed by atoms with Crippen LogP contribution >= 0.6 is 0 Å². The second-order valence-corrected chi connectivity index (χ2v) is 5.13. The third-order valence-electron chi connectivity index (χ3n) is 3.85. The number of rotatable bonds is 2. The third-order valence-corrected chi connectivity index (χ3v) is 3.85. The SMILES string of the molecule is O[C@@H]1CCN(c2ccccc2)[C@@H](c2ccccc2)C1. The fourth-order valence-corrected chi connectivity index (χ4v) is 2.87. The van der Waals surface area contributed by atoms with Gasteiger partial charge in [-0.25, -0.2) is 0 Å². The Bertz CT molecular complexity index is 511. The molecule has 2 atom stereocenters. The predicted molar refractivity (Wildman–Crippen MR) is 78.2 cm³/mol. The highest BCUT2D eigenvalue weighted by atomic mass is 16.3. The third kappa shape index (κ3) is 2.64. The molecule has 0 radical (unpaired) electrons. The Labute approximate surface area is 114 Å². The lowest BCUT2D eigenvalue weighted by atomic mass is 9.93. The van der Waals surface area contributed by atoms with Crippen molar-refractivity contribution in [3.63, 3.8) is 0 Å². The Morgan fingerprint density at radius 2 is 1.53 bits per heavy atom. The number of para-hydroxylation sites is 1. The van der Waals surface area contributed by atoms with Gasteiger partial charge in [0.25, 0.3) is 0 Å². The number of anilines is 1. The zero-order valence-electron chi connectivity index (χ0n) is 10.9. The highest BCUT2D eigenvalue weighted by Crippen LogP contribution is 2.34. The molecule has 2 aromatic rings. The van der Waals surface area contributed by atoms with Gasteiger partial charge in [-0.15, -0.1) is 0 Å². The van der Waals surface area contributed by atoms with Gasteiger partial charge < -0.3 is 10.0 Å². The van der Waals surface area contributed by atoms with Gasteiger partial charge in [0.15, 0.2) is 0 Å². The lowest BCUT2D eigenvalue weighted by molar-refractivity contribution is 0.128. The van der Waals surface area contributed by atoms with E-state index in [1.807, 2.05) is 12.1 Å². The van der Waals surface area contributed by atoms with Gasteiger partial charge in [-0.3, -0.25) is 0 Å². The number of aliphatic hydroxyl groups is 1. The van der Waals surface area contributed by atoms with Gasteiger partial charge in [-0.1, -0.05) is 48.5 Å². The molecule has 0 amide bonds. The van der Waals surface area contributed by atoms with Crippen LogP contribution in [0, 0.1) is 0 Å². The minimum Gasteiger partial charge on any atom is -0.393 e. The van der Waals surface area contributed by atoms with Crippen LogP contribution in [0.5, 0.6) is 0 Å². The summed E-state index contributed by atoms with van der Waals surface area (Å²) in [5.41, 5.74) is 2.52. The summed E-state index contributed by atoms with van der Waals surface area (Å²) in [5.74, 6) is 0. The zero-order valence-corrected chi connectivity index (χ0v) is 10.9. The minimum atomic E-state index is -0.190. The molecule has 3 rings (SSSR count). The molecule has 0 saturated carbocycles. The van der Waals surface area contributed by atoms with Gasteiger partial charge in [0, 0.05) is 12.2 Å². The quantitative estimate of drug-likeness (QED) is 0.886. The topological polar surface area (TPSA) is 23.5 Å². The first-order valence-corrected chi connectivity index (χ1v) is 6.89. The first-order chi connectivity index (χ1) is 9.34. The smallest absolute Gasteiger partial charge is 0.0580 e. The molecule has 1 saturated heterocycles. The van der Waals surface area contributed by atoms with Crippen LogP contribution in [0.15, 0.2) is 60.7 Å². The van der Waals surface area contributed by atoms with E-state index in [2.05, 4.69) is 53.4 Å². The molecule has 98 valence electrons. The summed E-state index contributed by atoms with van der Waals surface area (Å²) in [4.78, 5) is 2.40. The highest BCUT2D eigenvalue weighted by molar-refractivity contribution is 5.49. The van der Waals surface area contributed by atoms with Gasteiger partial charge >= 0.3 is 0 Å². The summed E-state index contributed by atoms with van der Waals surface area (Å²) in [6.45, 7) is 0.907. The van der Waals surface area contributed by atoms with Crippen molar-refractivity contribution >= 4 is 5.69 Å². The molecular weight excluding hydrogens is 234 g/mol. The maximum absolute atomic E-state index is 9.98. The fourth-order valence-electron chi connectivity index (χ4n) is 2.87. The average molecular weight is 253 g/mol. The van der Waals surface area contributed by atoms with E-state index in [0.29, 0.717) is 0 Å². The number of hydrogen-bond donors (Lipinski definition) is 1. The number of aliphatic hydroxyl groups excluding tert-OH is 1. The van der Waals surface area contributed by atoms with E-state index >= 15 is 0 Å². The van der Waals surface area contributed by atoms with Crippen LogP contribution in [0.25, 0.3) is 0 Å². The van der Waals surface area contributed by atoms with Gasteiger partial charge in [-0.05, 0) is 30.5 Å². The van der Waals surface area contributed by atoms with Gasteiger partial charge in [0.2, 0.25) is 0 Å². The van der Waals surface area contributed by atoms with Gasteiger partial charge in [0.05, 0.1) is 12.1 Å². The number of benzene rings is 2. The second kappa shape index (κ2) is 5.45. The van der Waals surface area contributed by atoms with E-state index in [-0.39, 0.29) is 12.1 Å². The summed E-state index contributed by atoms with van der Waals surface area (Å²) in [7, 11) is 0. The molecule has 0 spiro atoms. The van der Waals surface area contributed by atoms with Crippen molar-refractivity contribution in [2.24, 2.45) is 0 Å². The highest BCUT2D eigenvalue weighted by Gasteiger charge is 2.28. The number of hydrogen-bond acceptors (Lipinski definition) is 2. The molecule has 0 bridgehead atoms. The fraction of sp³-hybridized carbons (Fsp3) is 0.294. The zero-order chi connectivity index (χ0) is 13.1. The van der Waals surface area contributed by atoms with Crippen LogP contribution in [-0.4, -0.2) is 17.8 Å². The lowest BCUT2D eigenvalue weighted by Gasteiger charge is -2.40. The molecular formula is C17H19NO. The molecule has 1 fully saturated rings. The summed E-state index contributed by atoms with van der Waals surface area (Å²) in [6.07, 6.45) is 1.46. The van der Waals surface area contributed by atoms with Crippen molar-refractivity contribution in [2.45, 2.75) is 25.0 Å². The molecule has 1 N–H and O–H groups in total. The van der Waals surface area contributed by atoms with Crippen molar-refractivity contribution in [3.05, 3.63) is 66.2 Å². The number of piperidine rings is 1. The van der Waals surface area contributed by atoms with Crippen LogP contribution in [0.2, 0.25) is 0 Å². The molecule has 2 aromatic carbocycles. The monoisotopic (exact) mass is 253 g/mol. The summed E-state index contributed by atoms with van der Waals surface area (Å²) >= 11 is 0. The molecule has 0 aliphatic carbocycles. The van der Waals surface area contributed by atoms with Gasteiger partial charge in [0.1, 0.15) is 0 Å². The van der Waals surface area contributed by atoms with Crippen LogP contribution in [-0.2, 0) is 0 Å². The first kappa shape index (κ1) is 12.2. The van der Waals surface area contributed by atoms with E-state index in [0.717, 1.165) is 19.4 Å².